The van der Waals surface area contributed by atoms with Gasteiger partial charge in [0, 0.05) is 17.0 Å². The summed E-state index contributed by atoms with van der Waals surface area (Å²) < 4.78 is 0. The van der Waals surface area contributed by atoms with Crippen molar-refractivity contribution in [1.29, 1.82) is 0 Å². The van der Waals surface area contributed by atoms with Crippen LogP contribution in [0.15, 0.2) is 60.8 Å². The van der Waals surface area contributed by atoms with Gasteiger partial charge in [-0.25, -0.2) is 0 Å². The minimum Gasteiger partial charge on any atom is -0.480 e. The minimum absolute atomic E-state index is 0.236. The van der Waals surface area contributed by atoms with Gasteiger partial charge < -0.3 is 10.2 Å². The molecular weight excluding hydrogens is 318 g/mol. The summed E-state index contributed by atoms with van der Waals surface area (Å²) in [5, 5.41) is 23.2. The van der Waals surface area contributed by atoms with Crippen LogP contribution in [0.3, 0.4) is 0 Å². The molecule has 0 amide bonds. The van der Waals surface area contributed by atoms with E-state index in [0.717, 1.165) is 21.5 Å². The van der Waals surface area contributed by atoms with Gasteiger partial charge in [-0.15, -0.1) is 0 Å². The molecule has 2 N–H and O–H groups in total. The Morgan fingerprint density at radius 3 is 2.20 bits per heavy atom. The highest BCUT2D eigenvalue weighted by Crippen LogP contribution is 2.33. The molecule has 5 nitrogen and oxygen atoms in total. The molecule has 0 spiro atoms. The fraction of sp³-hybridized carbons (Fsp3) is 0.0500. The zero-order valence-electron chi connectivity index (χ0n) is 13.0. The van der Waals surface area contributed by atoms with Gasteiger partial charge in [0.25, 0.3) is 0 Å². The molecule has 122 valence electrons. The van der Waals surface area contributed by atoms with Gasteiger partial charge in [-0.2, -0.15) is 0 Å². The van der Waals surface area contributed by atoms with Crippen LogP contribution in [-0.2, 0) is 9.59 Å². The lowest BCUT2D eigenvalue weighted by Crippen LogP contribution is -2.21. The molecule has 0 saturated carbocycles. The fourth-order valence-corrected chi connectivity index (χ4v) is 3.35. The highest BCUT2D eigenvalue weighted by Gasteiger charge is 2.29. The number of aliphatic carboxylic acids is 2. The number of carbonyl (C=O) groups is 2. The standard InChI is InChI=1S/C20H13NO4/c22-19(23)17(20(24)25)14-9-10-21-18-15-6-5-11-3-1-2-4-12(11)13(15)7-8-16(14)18/h1-10,17H,(H,22,23)(H,24,25). The van der Waals surface area contributed by atoms with E-state index < -0.39 is 17.9 Å². The number of aromatic nitrogens is 1. The van der Waals surface area contributed by atoms with Crippen LogP contribution < -0.4 is 0 Å². The summed E-state index contributed by atoms with van der Waals surface area (Å²) >= 11 is 0. The Morgan fingerprint density at radius 1 is 0.760 bits per heavy atom. The molecule has 1 heterocycles. The van der Waals surface area contributed by atoms with Crippen molar-refractivity contribution < 1.29 is 19.8 Å². The molecule has 25 heavy (non-hydrogen) atoms. The lowest BCUT2D eigenvalue weighted by Gasteiger charge is -2.13. The number of carboxylic acid groups (broad SMARTS) is 2. The first kappa shape index (κ1) is 15.1. The molecule has 4 aromatic rings. The first-order valence-electron chi connectivity index (χ1n) is 7.72. The van der Waals surface area contributed by atoms with Gasteiger partial charge >= 0.3 is 11.9 Å². The number of hydrogen-bond acceptors (Lipinski definition) is 3. The monoisotopic (exact) mass is 331 g/mol. The van der Waals surface area contributed by atoms with Crippen molar-refractivity contribution in [2.45, 2.75) is 5.92 Å². The minimum atomic E-state index is -1.62. The lowest BCUT2D eigenvalue weighted by atomic mass is 9.93. The molecule has 0 aliphatic carbocycles. The molecular formula is C20H13NO4. The van der Waals surface area contributed by atoms with Crippen molar-refractivity contribution in [3.05, 3.63) is 66.4 Å². The summed E-state index contributed by atoms with van der Waals surface area (Å²) in [6, 6.07) is 17.0. The number of benzene rings is 3. The summed E-state index contributed by atoms with van der Waals surface area (Å²) in [4.78, 5) is 27.2. The predicted octanol–water partition coefficient (Wildman–Crippen LogP) is 3.79. The lowest BCUT2D eigenvalue weighted by molar-refractivity contribution is -0.149. The van der Waals surface area contributed by atoms with Crippen LogP contribution in [0.25, 0.3) is 32.4 Å². The zero-order valence-corrected chi connectivity index (χ0v) is 13.0. The Hall–Kier alpha value is -3.47. The smallest absolute Gasteiger partial charge is 0.322 e. The van der Waals surface area contributed by atoms with Crippen LogP contribution in [-0.4, -0.2) is 27.1 Å². The largest absolute Gasteiger partial charge is 0.480 e. The first-order valence-corrected chi connectivity index (χ1v) is 7.72. The van der Waals surface area contributed by atoms with Crippen molar-refractivity contribution in [1.82, 2.24) is 4.98 Å². The van der Waals surface area contributed by atoms with Crippen molar-refractivity contribution in [2.24, 2.45) is 0 Å². The van der Waals surface area contributed by atoms with Gasteiger partial charge in [-0.3, -0.25) is 14.6 Å². The predicted molar refractivity (Wildman–Crippen MR) is 94.8 cm³/mol. The van der Waals surface area contributed by atoms with Crippen LogP contribution in [0.4, 0.5) is 0 Å². The Bertz CT molecular complexity index is 1150. The quantitative estimate of drug-likeness (QED) is 0.440. The summed E-state index contributed by atoms with van der Waals surface area (Å²) in [5.41, 5.74) is 0.841. The van der Waals surface area contributed by atoms with E-state index in [1.165, 1.54) is 12.3 Å². The highest BCUT2D eigenvalue weighted by atomic mass is 16.4. The van der Waals surface area contributed by atoms with Crippen LogP contribution in [0, 0.1) is 0 Å². The Morgan fingerprint density at radius 2 is 1.44 bits per heavy atom. The normalized spacial score (nSPS) is 11.4. The molecule has 3 aromatic carbocycles. The highest BCUT2D eigenvalue weighted by molar-refractivity contribution is 6.17. The molecule has 0 aliphatic rings. The van der Waals surface area contributed by atoms with E-state index >= 15 is 0 Å². The first-order chi connectivity index (χ1) is 12.1. The number of hydrogen-bond donors (Lipinski definition) is 2. The van der Waals surface area contributed by atoms with E-state index in [1.54, 1.807) is 6.07 Å². The van der Waals surface area contributed by atoms with Crippen molar-refractivity contribution in [3.8, 4) is 0 Å². The topological polar surface area (TPSA) is 87.5 Å². The average molecular weight is 331 g/mol. The molecule has 4 rings (SSSR count). The van der Waals surface area contributed by atoms with Crippen LogP contribution >= 0.6 is 0 Å². The summed E-state index contributed by atoms with van der Waals surface area (Å²) in [7, 11) is 0. The Kier molecular flexibility index (Phi) is 3.35. The third-order valence-corrected chi connectivity index (χ3v) is 4.47. The van der Waals surface area contributed by atoms with Gasteiger partial charge in [-0.1, -0.05) is 48.5 Å². The molecule has 0 unspecified atom stereocenters. The van der Waals surface area contributed by atoms with Gasteiger partial charge in [0.2, 0.25) is 0 Å². The summed E-state index contributed by atoms with van der Waals surface area (Å²) in [6.45, 7) is 0. The van der Waals surface area contributed by atoms with Gasteiger partial charge in [0.05, 0.1) is 5.52 Å². The molecule has 0 radical (unpaired) electrons. The number of fused-ring (bicyclic) bond motifs is 5. The van der Waals surface area contributed by atoms with Gasteiger partial charge in [-0.05, 0) is 27.8 Å². The SMILES string of the molecule is O=C(O)C(C(=O)O)c1ccnc2c1ccc1c3ccccc3ccc12. The van der Waals surface area contributed by atoms with Crippen LogP contribution in [0.2, 0.25) is 0 Å². The van der Waals surface area contributed by atoms with E-state index in [-0.39, 0.29) is 5.56 Å². The van der Waals surface area contributed by atoms with E-state index in [1.807, 2.05) is 42.5 Å². The van der Waals surface area contributed by atoms with E-state index in [4.69, 9.17) is 0 Å². The number of pyridine rings is 1. The van der Waals surface area contributed by atoms with Crippen LogP contribution in [0.5, 0.6) is 0 Å². The fourth-order valence-electron chi connectivity index (χ4n) is 3.35. The second-order valence-corrected chi connectivity index (χ2v) is 5.85. The molecule has 1 aromatic heterocycles. The number of nitrogens with zero attached hydrogens (tertiary/aromatic N) is 1. The molecule has 0 saturated heterocycles. The van der Waals surface area contributed by atoms with Crippen LogP contribution in [0.1, 0.15) is 11.5 Å². The summed E-state index contributed by atoms with van der Waals surface area (Å²) in [6.07, 6.45) is 1.46. The van der Waals surface area contributed by atoms with Gasteiger partial charge in [0.1, 0.15) is 0 Å². The average Bonchev–Trinajstić information content (AvgIpc) is 2.60. The second kappa shape index (κ2) is 5.56. The number of carboxylic acids is 2. The summed E-state index contributed by atoms with van der Waals surface area (Å²) in [5.74, 6) is -4.40. The zero-order chi connectivity index (χ0) is 17.6. The second-order valence-electron chi connectivity index (χ2n) is 5.85. The molecule has 5 heteroatoms. The van der Waals surface area contributed by atoms with E-state index in [2.05, 4.69) is 4.98 Å². The van der Waals surface area contributed by atoms with E-state index in [9.17, 15) is 19.8 Å². The Balaban J connectivity index is 2.10. The maximum Gasteiger partial charge on any atom is 0.322 e. The maximum atomic E-state index is 11.4. The van der Waals surface area contributed by atoms with Crippen molar-refractivity contribution in [3.63, 3.8) is 0 Å². The third kappa shape index (κ3) is 2.29. The number of rotatable bonds is 3. The Labute approximate surface area is 142 Å². The van der Waals surface area contributed by atoms with E-state index in [0.29, 0.717) is 10.9 Å². The molecule has 0 fully saturated rings. The van der Waals surface area contributed by atoms with Crippen molar-refractivity contribution in [2.75, 3.05) is 0 Å². The maximum absolute atomic E-state index is 11.4. The molecule has 0 aliphatic heterocycles. The molecule has 0 atom stereocenters. The molecule has 0 bridgehead atoms. The van der Waals surface area contributed by atoms with Crippen molar-refractivity contribution >= 4 is 44.4 Å². The van der Waals surface area contributed by atoms with Gasteiger partial charge in [0.15, 0.2) is 5.92 Å². The third-order valence-electron chi connectivity index (χ3n) is 4.47.